The van der Waals surface area contributed by atoms with Gasteiger partial charge < -0.3 is 0 Å². The van der Waals surface area contributed by atoms with Crippen molar-refractivity contribution in [3.8, 4) is 11.8 Å². The Bertz CT molecular complexity index is 396. The van der Waals surface area contributed by atoms with Gasteiger partial charge in [0, 0.05) is 19.8 Å². The molecule has 0 N–H and O–H groups in total. The maximum atomic E-state index is 4.10. The van der Waals surface area contributed by atoms with Gasteiger partial charge in [0.15, 0.2) is 0 Å². The standard InChI is InChI=1S/C12H17N3/c1-10-6-12(14(2)8-10)5-4-11-7-13-15(3)9-11/h7,9-10,12H,6,8H2,1-3H3. The lowest BCUT2D eigenvalue weighted by Crippen LogP contribution is -2.23. The third-order valence-electron chi connectivity index (χ3n) is 2.85. The highest BCUT2D eigenvalue weighted by atomic mass is 15.2. The van der Waals surface area contributed by atoms with Crippen molar-refractivity contribution >= 4 is 0 Å². The summed E-state index contributed by atoms with van der Waals surface area (Å²) in [6.07, 6.45) is 4.94. The lowest BCUT2D eigenvalue weighted by molar-refractivity contribution is 0.358. The lowest BCUT2D eigenvalue weighted by atomic mass is 10.1. The number of likely N-dealkylation sites (tertiary alicyclic amines) is 1. The predicted molar refractivity (Wildman–Crippen MR) is 60.3 cm³/mol. The Kier molecular flexibility index (Phi) is 2.79. The van der Waals surface area contributed by atoms with Crippen LogP contribution in [0.25, 0.3) is 0 Å². The van der Waals surface area contributed by atoms with Gasteiger partial charge in [0.2, 0.25) is 0 Å². The van der Waals surface area contributed by atoms with Gasteiger partial charge in [0.05, 0.1) is 17.8 Å². The van der Waals surface area contributed by atoms with E-state index in [0.29, 0.717) is 6.04 Å². The van der Waals surface area contributed by atoms with E-state index in [1.807, 2.05) is 19.4 Å². The minimum atomic E-state index is 0.417. The second-order valence-electron chi connectivity index (χ2n) is 4.47. The zero-order valence-electron chi connectivity index (χ0n) is 9.57. The van der Waals surface area contributed by atoms with Gasteiger partial charge in [-0.05, 0) is 19.4 Å². The fourth-order valence-corrected chi connectivity index (χ4v) is 2.08. The van der Waals surface area contributed by atoms with Crippen molar-refractivity contribution in [3.05, 3.63) is 18.0 Å². The quantitative estimate of drug-likeness (QED) is 0.589. The van der Waals surface area contributed by atoms with Crippen LogP contribution in [0.4, 0.5) is 0 Å². The van der Waals surface area contributed by atoms with E-state index < -0.39 is 0 Å². The van der Waals surface area contributed by atoms with Crippen LogP contribution in [-0.2, 0) is 7.05 Å². The molecule has 0 aliphatic carbocycles. The highest BCUT2D eigenvalue weighted by molar-refractivity contribution is 5.31. The molecule has 2 atom stereocenters. The third-order valence-corrected chi connectivity index (χ3v) is 2.85. The van der Waals surface area contributed by atoms with Gasteiger partial charge in [-0.15, -0.1) is 0 Å². The first kappa shape index (κ1) is 10.3. The second kappa shape index (κ2) is 4.08. The van der Waals surface area contributed by atoms with E-state index >= 15 is 0 Å². The van der Waals surface area contributed by atoms with Crippen LogP contribution in [0.2, 0.25) is 0 Å². The zero-order valence-corrected chi connectivity index (χ0v) is 9.57. The minimum absolute atomic E-state index is 0.417. The smallest absolute Gasteiger partial charge is 0.0719 e. The van der Waals surface area contributed by atoms with Crippen LogP contribution in [-0.4, -0.2) is 34.3 Å². The molecule has 2 rings (SSSR count). The molecule has 1 aliphatic heterocycles. The molecule has 2 heterocycles. The number of nitrogens with zero attached hydrogens (tertiary/aromatic N) is 3. The fraction of sp³-hybridized carbons (Fsp3) is 0.583. The molecule has 1 aliphatic rings. The van der Waals surface area contributed by atoms with Crippen LogP contribution >= 0.6 is 0 Å². The molecule has 1 saturated heterocycles. The molecule has 0 spiro atoms. The van der Waals surface area contributed by atoms with E-state index in [0.717, 1.165) is 18.0 Å². The molecular formula is C12H17N3. The van der Waals surface area contributed by atoms with Crippen molar-refractivity contribution in [1.29, 1.82) is 0 Å². The Morgan fingerprint density at radius 1 is 1.47 bits per heavy atom. The summed E-state index contributed by atoms with van der Waals surface area (Å²) in [6, 6.07) is 0.417. The van der Waals surface area contributed by atoms with Crippen LogP contribution in [0.5, 0.6) is 0 Å². The van der Waals surface area contributed by atoms with Crippen molar-refractivity contribution < 1.29 is 0 Å². The van der Waals surface area contributed by atoms with E-state index in [9.17, 15) is 0 Å². The number of aromatic nitrogens is 2. The highest BCUT2D eigenvalue weighted by Crippen LogP contribution is 2.19. The molecule has 0 saturated carbocycles. The van der Waals surface area contributed by atoms with E-state index in [4.69, 9.17) is 0 Å². The molecule has 0 aromatic carbocycles. The van der Waals surface area contributed by atoms with Crippen molar-refractivity contribution in [2.24, 2.45) is 13.0 Å². The SMILES string of the molecule is CC1CC(C#Cc2cnn(C)c2)N(C)C1. The average molecular weight is 203 g/mol. The molecule has 0 bridgehead atoms. The molecule has 3 nitrogen and oxygen atoms in total. The van der Waals surface area contributed by atoms with Crippen LogP contribution in [0.1, 0.15) is 18.9 Å². The van der Waals surface area contributed by atoms with E-state index in [1.165, 1.54) is 6.42 Å². The van der Waals surface area contributed by atoms with E-state index in [2.05, 4.69) is 35.8 Å². The monoisotopic (exact) mass is 203 g/mol. The fourth-order valence-electron chi connectivity index (χ4n) is 2.08. The van der Waals surface area contributed by atoms with Crippen molar-refractivity contribution in [2.75, 3.05) is 13.6 Å². The minimum Gasteiger partial charge on any atom is -0.293 e. The van der Waals surface area contributed by atoms with Crippen LogP contribution in [0, 0.1) is 17.8 Å². The lowest BCUT2D eigenvalue weighted by Gasteiger charge is -2.11. The first-order valence-electron chi connectivity index (χ1n) is 5.35. The number of hydrogen-bond donors (Lipinski definition) is 0. The van der Waals surface area contributed by atoms with Crippen LogP contribution in [0.15, 0.2) is 12.4 Å². The van der Waals surface area contributed by atoms with Gasteiger partial charge in [-0.2, -0.15) is 5.10 Å². The van der Waals surface area contributed by atoms with Crippen molar-refractivity contribution in [3.63, 3.8) is 0 Å². The average Bonchev–Trinajstić information content (AvgIpc) is 2.70. The van der Waals surface area contributed by atoms with Gasteiger partial charge in [-0.3, -0.25) is 9.58 Å². The Balaban J connectivity index is 2.05. The van der Waals surface area contributed by atoms with Crippen molar-refractivity contribution in [2.45, 2.75) is 19.4 Å². The summed E-state index contributed by atoms with van der Waals surface area (Å²) in [4.78, 5) is 2.33. The summed E-state index contributed by atoms with van der Waals surface area (Å²) in [6.45, 7) is 3.44. The Hall–Kier alpha value is -1.27. The van der Waals surface area contributed by atoms with E-state index in [-0.39, 0.29) is 0 Å². The molecule has 80 valence electrons. The number of aryl methyl sites for hydroxylation is 1. The van der Waals surface area contributed by atoms with Gasteiger partial charge >= 0.3 is 0 Å². The first-order valence-corrected chi connectivity index (χ1v) is 5.35. The topological polar surface area (TPSA) is 21.1 Å². The van der Waals surface area contributed by atoms with Crippen molar-refractivity contribution in [1.82, 2.24) is 14.7 Å². The molecule has 15 heavy (non-hydrogen) atoms. The summed E-state index contributed by atoms with van der Waals surface area (Å²) in [5, 5.41) is 4.10. The summed E-state index contributed by atoms with van der Waals surface area (Å²) in [5.74, 6) is 7.26. The highest BCUT2D eigenvalue weighted by Gasteiger charge is 2.24. The largest absolute Gasteiger partial charge is 0.293 e. The summed E-state index contributed by atoms with van der Waals surface area (Å²) in [5.41, 5.74) is 1.01. The molecule has 1 fully saturated rings. The normalized spacial score (nSPS) is 26.3. The van der Waals surface area contributed by atoms with Crippen LogP contribution < -0.4 is 0 Å². The number of rotatable bonds is 0. The first-order chi connectivity index (χ1) is 7.15. The molecule has 2 unspecified atom stereocenters. The van der Waals surface area contributed by atoms with E-state index in [1.54, 1.807) is 4.68 Å². The maximum absolute atomic E-state index is 4.10. The molecule has 1 aromatic rings. The Morgan fingerprint density at radius 2 is 2.27 bits per heavy atom. The summed E-state index contributed by atoms with van der Waals surface area (Å²) >= 11 is 0. The third kappa shape index (κ3) is 2.40. The number of hydrogen-bond acceptors (Lipinski definition) is 2. The second-order valence-corrected chi connectivity index (χ2v) is 4.47. The van der Waals surface area contributed by atoms with Crippen LogP contribution in [0.3, 0.4) is 0 Å². The van der Waals surface area contributed by atoms with Gasteiger partial charge in [0.1, 0.15) is 0 Å². The Morgan fingerprint density at radius 3 is 2.80 bits per heavy atom. The molecule has 0 radical (unpaired) electrons. The summed E-state index contributed by atoms with van der Waals surface area (Å²) < 4.78 is 1.78. The molecular weight excluding hydrogens is 186 g/mol. The summed E-state index contributed by atoms with van der Waals surface area (Å²) in [7, 11) is 4.06. The molecule has 1 aromatic heterocycles. The zero-order chi connectivity index (χ0) is 10.8. The molecule has 0 amide bonds. The molecule has 3 heteroatoms. The van der Waals surface area contributed by atoms with Gasteiger partial charge in [-0.1, -0.05) is 18.8 Å². The Labute approximate surface area is 91.1 Å². The van der Waals surface area contributed by atoms with Gasteiger partial charge in [-0.25, -0.2) is 0 Å². The van der Waals surface area contributed by atoms with Gasteiger partial charge in [0.25, 0.3) is 0 Å². The maximum Gasteiger partial charge on any atom is 0.0719 e. The predicted octanol–water partition coefficient (Wildman–Crippen LogP) is 1.11.